The van der Waals surface area contributed by atoms with Crippen molar-refractivity contribution in [2.45, 2.75) is 13.0 Å². The van der Waals surface area contributed by atoms with Gasteiger partial charge in [-0.05, 0) is 30.7 Å². The Morgan fingerprint density at radius 2 is 2.06 bits per heavy atom. The van der Waals surface area contributed by atoms with E-state index in [9.17, 15) is 4.39 Å². The largest absolute Gasteiger partial charge is 0.319 e. The highest BCUT2D eigenvalue weighted by molar-refractivity contribution is 6.31. The van der Waals surface area contributed by atoms with Crippen molar-refractivity contribution in [3.05, 3.63) is 58.4 Å². The Bertz CT molecular complexity index is 528. The van der Waals surface area contributed by atoms with Crippen molar-refractivity contribution in [1.29, 1.82) is 0 Å². The SMILES string of the molecule is Cc1cnc(C(N)c2cc(F)ccc2Cl)cn1. The molecule has 1 heterocycles. The van der Waals surface area contributed by atoms with Gasteiger partial charge in [-0.1, -0.05) is 11.6 Å². The molecule has 0 aliphatic rings. The average molecular weight is 252 g/mol. The minimum Gasteiger partial charge on any atom is -0.319 e. The molecule has 0 bridgehead atoms. The minimum absolute atomic E-state index is 0.375. The Labute approximate surface area is 103 Å². The summed E-state index contributed by atoms with van der Waals surface area (Å²) in [6.07, 6.45) is 3.18. The molecule has 3 nitrogen and oxygen atoms in total. The first-order valence-corrected chi connectivity index (χ1v) is 5.45. The fourth-order valence-corrected chi connectivity index (χ4v) is 1.71. The summed E-state index contributed by atoms with van der Waals surface area (Å²) in [5, 5.41) is 0.418. The molecule has 0 spiro atoms. The first kappa shape index (κ1) is 12.0. The lowest BCUT2D eigenvalue weighted by atomic mass is 10.0. The van der Waals surface area contributed by atoms with Crippen molar-refractivity contribution >= 4 is 11.6 Å². The molecule has 0 amide bonds. The van der Waals surface area contributed by atoms with Crippen LogP contribution in [0.15, 0.2) is 30.6 Å². The first-order valence-electron chi connectivity index (χ1n) is 5.07. The standard InChI is InChI=1S/C12H11ClFN3/c1-7-5-17-11(6-16-7)12(15)9-4-8(14)2-3-10(9)13/h2-6,12H,15H2,1H3. The normalized spacial score (nSPS) is 12.5. The summed E-state index contributed by atoms with van der Waals surface area (Å²) in [7, 11) is 0. The lowest BCUT2D eigenvalue weighted by molar-refractivity contribution is 0.623. The quantitative estimate of drug-likeness (QED) is 0.893. The van der Waals surface area contributed by atoms with Gasteiger partial charge in [0, 0.05) is 11.2 Å². The average Bonchev–Trinajstić information content (AvgIpc) is 2.32. The van der Waals surface area contributed by atoms with E-state index >= 15 is 0 Å². The molecule has 0 fully saturated rings. The number of rotatable bonds is 2. The van der Waals surface area contributed by atoms with Crippen molar-refractivity contribution < 1.29 is 4.39 Å². The van der Waals surface area contributed by atoms with Crippen molar-refractivity contribution in [2.24, 2.45) is 5.73 Å². The molecule has 0 radical (unpaired) electrons. The lowest BCUT2D eigenvalue weighted by Crippen LogP contribution is -2.14. The maximum Gasteiger partial charge on any atom is 0.123 e. The van der Waals surface area contributed by atoms with Gasteiger partial charge in [0.05, 0.1) is 23.6 Å². The number of benzene rings is 1. The fourth-order valence-electron chi connectivity index (χ4n) is 1.48. The van der Waals surface area contributed by atoms with Crippen LogP contribution in [-0.2, 0) is 0 Å². The van der Waals surface area contributed by atoms with E-state index in [2.05, 4.69) is 9.97 Å². The van der Waals surface area contributed by atoms with Gasteiger partial charge in [-0.15, -0.1) is 0 Å². The number of aryl methyl sites for hydroxylation is 1. The number of hydrogen-bond donors (Lipinski definition) is 1. The molecule has 5 heteroatoms. The number of nitrogens with zero attached hydrogens (tertiary/aromatic N) is 2. The van der Waals surface area contributed by atoms with Gasteiger partial charge in [-0.25, -0.2) is 4.39 Å². The van der Waals surface area contributed by atoms with E-state index in [0.717, 1.165) is 5.69 Å². The first-order chi connectivity index (χ1) is 8.08. The van der Waals surface area contributed by atoms with E-state index in [1.54, 1.807) is 12.4 Å². The molecule has 1 aromatic carbocycles. The van der Waals surface area contributed by atoms with E-state index in [-0.39, 0.29) is 5.82 Å². The molecule has 0 saturated heterocycles. The molecule has 1 aromatic heterocycles. The molecule has 2 N–H and O–H groups in total. The van der Waals surface area contributed by atoms with Gasteiger partial charge >= 0.3 is 0 Å². The van der Waals surface area contributed by atoms with Crippen LogP contribution < -0.4 is 5.73 Å². The van der Waals surface area contributed by atoms with Gasteiger partial charge in [-0.3, -0.25) is 9.97 Å². The summed E-state index contributed by atoms with van der Waals surface area (Å²) in [5.74, 6) is -0.375. The van der Waals surface area contributed by atoms with Crippen LogP contribution in [0.1, 0.15) is 23.0 Å². The summed E-state index contributed by atoms with van der Waals surface area (Å²) in [4.78, 5) is 8.26. The lowest BCUT2D eigenvalue weighted by Gasteiger charge is -2.13. The third-order valence-electron chi connectivity index (χ3n) is 2.41. The van der Waals surface area contributed by atoms with Gasteiger partial charge in [0.25, 0.3) is 0 Å². The molecular formula is C12H11ClFN3. The van der Waals surface area contributed by atoms with Crippen LogP contribution in [0.2, 0.25) is 5.02 Å². The molecule has 0 aliphatic carbocycles. The van der Waals surface area contributed by atoms with Gasteiger partial charge in [-0.2, -0.15) is 0 Å². The third-order valence-corrected chi connectivity index (χ3v) is 2.76. The molecule has 2 aromatic rings. The molecular weight excluding hydrogens is 241 g/mol. The van der Waals surface area contributed by atoms with Crippen molar-refractivity contribution in [3.63, 3.8) is 0 Å². The Morgan fingerprint density at radius 3 is 2.71 bits per heavy atom. The van der Waals surface area contributed by atoms with E-state index in [1.807, 2.05) is 6.92 Å². The maximum absolute atomic E-state index is 13.1. The summed E-state index contributed by atoms with van der Waals surface area (Å²) in [6.45, 7) is 1.83. The second-order valence-corrected chi connectivity index (χ2v) is 4.13. The van der Waals surface area contributed by atoms with Gasteiger partial charge in [0.2, 0.25) is 0 Å². The van der Waals surface area contributed by atoms with Crippen LogP contribution >= 0.6 is 11.6 Å². The molecule has 1 unspecified atom stereocenters. The van der Waals surface area contributed by atoms with Crippen LogP contribution in [0.4, 0.5) is 4.39 Å². The smallest absolute Gasteiger partial charge is 0.123 e. The summed E-state index contributed by atoms with van der Waals surface area (Å²) in [6, 6.07) is 3.51. The molecule has 0 saturated carbocycles. The summed E-state index contributed by atoms with van der Waals surface area (Å²) in [5.41, 5.74) is 7.84. The Hall–Kier alpha value is -1.52. The summed E-state index contributed by atoms with van der Waals surface area (Å²) < 4.78 is 13.1. The second-order valence-electron chi connectivity index (χ2n) is 3.73. The van der Waals surface area contributed by atoms with Crippen molar-refractivity contribution in [2.75, 3.05) is 0 Å². The van der Waals surface area contributed by atoms with E-state index in [1.165, 1.54) is 18.2 Å². The van der Waals surface area contributed by atoms with Crippen LogP contribution in [-0.4, -0.2) is 9.97 Å². The summed E-state index contributed by atoms with van der Waals surface area (Å²) >= 11 is 5.98. The molecule has 17 heavy (non-hydrogen) atoms. The van der Waals surface area contributed by atoms with Crippen LogP contribution in [0.25, 0.3) is 0 Å². The van der Waals surface area contributed by atoms with Gasteiger partial charge in [0.1, 0.15) is 5.82 Å². The predicted molar refractivity (Wildman–Crippen MR) is 64.2 cm³/mol. The number of nitrogens with two attached hydrogens (primary N) is 1. The number of aromatic nitrogens is 2. The van der Waals surface area contributed by atoms with Crippen LogP contribution in [0, 0.1) is 12.7 Å². The predicted octanol–water partition coefficient (Wildman–Crippen LogP) is 2.63. The number of hydrogen-bond acceptors (Lipinski definition) is 3. The molecule has 2 rings (SSSR count). The Balaban J connectivity index is 2.39. The van der Waals surface area contributed by atoms with Crippen molar-refractivity contribution in [1.82, 2.24) is 9.97 Å². The maximum atomic E-state index is 13.1. The van der Waals surface area contributed by atoms with Gasteiger partial charge in [0.15, 0.2) is 0 Å². The van der Waals surface area contributed by atoms with Crippen LogP contribution in [0.5, 0.6) is 0 Å². The monoisotopic (exact) mass is 251 g/mol. The van der Waals surface area contributed by atoms with Crippen LogP contribution in [0.3, 0.4) is 0 Å². The molecule has 1 atom stereocenters. The Kier molecular flexibility index (Phi) is 3.36. The zero-order valence-electron chi connectivity index (χ0n) is 9.19. The fraction of sp³-hybridized carbons (Fsp3) is 0.167. The second kappa shape index (κ2) is 4.77. The number of halogens is 2. The zero-order chi connectivity index (χ0) is 12.4. The third kappa shape index (κ3) is 2.60. The highest BCUT2D eigenvalue weighted by Crippen LogP contribution is 2.25. The van der Waals surface area contributed by atoms with Crippen molar-refractivity contribution in [3.8, 4) is 0 Å². The van der Waals surface area contributed by atoms with Gasteiger partial charge < -0.3 is 5.73 Å². The minimum atomic E-state index is -0.578. The van der Waals surface area contributed by atoms with E-state index < -0.39 is 6.04 Å². The highest BCUT2D eigenvalue weighted by Gasteiger charge is 2.14. The van der Waals surface area contributed by atoms with E-state index in [4.69, 9.17) is 17.3 Å². The highest BCUT2D eigenvalue weighted by atomic mass is 35.5. The molecule has 88 valence electrons. The zero-order valence-corrected chi connectivity index (χ0v) is 9.95. The topological polar surface area (TPSA) is 51.8 Å². The van der Waals surface area contributed by atoms with E-state index in [0.29, 0.717) is 16.3 Å². The molecule has 0 aliphatic heterocycles. The Morgan fingerprint density at radius 1 is 1.29 bits per heavy atom.